The highest BCUT2D eigenvalue weighted by atomic mass is 35.5. The number of carbonyl (C=O) groups is 1. The Balaban J connectivity index is 1.72. The Kier molecular flexibility index (Phi) is 4.86. The maximum atomic E-state index is 11.7. The average molecular weight is 272 g/mol. The van der Waals surface area contributed by atoms with Gasteiger partial charge in [0.1, 0.15) is 0 Å². The zero-order valence-corrected chi connectivity index (χ0v) is 11.4. The van der Waals surface area contributed by atoms with E-state index in [9.17, 15) is 4.79 Å². The van der Waals surface area contributed by atoms with Crippen molar-refractivity contribution in [3.63, 3.8) is 0 Å². The van der Waals surface area contributed by atoms with Gasteiger partial charge in [0.2, 0.25) is 5.91 Å². The van der Waals surface area contributed by atoms with Gasteiger partial charge in [-0.15, -0.1) is 22.9 Å². The van der Waals surface area contributed by atoms with Gasteiger partial charge in [-0.2, -0.15) is 0 Å². The lowest BCUT2D eigenvalue weighted by molar-refractivity contribution is -0.120. The van der Waals surface area contributed by atoms with Gasteiger partial charge in [-0.05, 0) is 30.2 Å². The molecule has 17 heavy (non-hydrogen) atoms. The van der Waals surface area contributed by atoms with Crippen molar-refractivity contribution in [2.75, 3.05) is 6.54 Å². The fraction of sp³-hybridized carbons (Fsp3) is 0.615. The van der Waals surface area contributed by atoms with E-state index in [1.165, 1.54) is 12.8 Å². The molecule has 0 spiro atoms. The fourth-order valence-electron chi connectivity index (χ4n) is 2.27. The minimum atomic E-state index is 0.113. The molecule has 1 aromatic heterocycles. The van der Waals surface area contributed by atoms with Crippen LogP contribution >= 0.6 is 22.9 Å². The van der Waals surface area contributed by atoms with E-state index in [1.54, 1.807) is 11.3 Å². The molecule has 1 amide bonds. The number of alkyl halides is 1. The van der Waals surface area contributed by atoms with E-state index in [0.29, 0.717) is 12.3 Å². The number of thiophene rings is 1. The summed E-state index contributed by atoms with van der Waals surface area (Å²) in [7, 11) is 0. The molecular formula is C13H18ClNOS. The minimum absolute atomic E-state index is 0.113. The molecule has 0 bridgehead atoms. The van der Waals surface area contributed by atoms with Crippen LogP contribution in [0.5, 0.6) is 0 Å². The second-order valence-electron chi connectivity index (χ2n) is 4.62. The molecule has 2 nitrogen and oxygen atoms in total. The van der Waals surface area contributed by atoms with Crippen molar-refractivity contribution in [2.24, 2.45) is 5.92 Å². The van der Waals surface area contributed by atoms with Crippen LogP contribution in [0.1, 0.15) is 30.6 Å². The molecular weight excluding hydrogens is 254 g/mol. The topological polar surface area (TPSA) is 29.1 Å². The van der Waals surface area contributed by atoms with Crippen molar-refractivity contribution >= 4 is 28.8 Å². The van der Waals surface area contributed by atoms with Crippen LogP contribution in [0.15, 0.2) is 17.5 Å². The number of hydrogen-bond acceptors (Lipinski definition) is 2. The molecule has 1 aromatic rings. The third kappa shape index (κ3) is 4.00. The molecule has 0 saturated heterocycles. The minimum Gasteiger partial charge on any atom is -0.355 e. The number of hydrogen-bond donors (Lipinski definition) is 1. The lowest BCUT2D eigenvalue weighted by Gasteiger charge is -2.27. The highest BCUT2D eigenvalue weighted by Gasteiger charge is 2.23. The number of nitrogens with one attached hydrogen (secondary N) is 1. The van der Waals surface area contributed by atoms with Gasteiger partial charge in [0.25, 0.3) is 0 Å². The molecule has 2 rings (SSSR count). The Morgan fingerprint density at radius 2 is 2.29 bits per heavy atom. The van der Waals surface area contributed by atoms with Crippen molar-refractivity contribution in [3.05, 3.63) is 22.4 Å². The van der Waals surface area contributed by atoms with E-state index in [4.69, 9.17) is 11.6 Å². The van der Waals surface area contributed by atoms with Crippen molar-refractivity contribution in [3.8, 4) is 0 Å². The quantitative estimate of drug-likeness (QED) is 0.837. The maximum absolute atomic E-state index is 11.7. The molecule has 0 aliphatic heterocycles. The van der Waals surface area contributed by atoms with Crippen LogP contribution in [0, 0.1) is 5.92 Å². The average Bonchev–Trinajstić information content (AvgIpc) is 2.81. The summed E-state index contributed by atoms with van der Waals surface area (Å²) < 4.78 is 0. The molecule has 1 fully saturated rings. The second-order valence-corrected chi connectivity index (χ2v) is 6.21. The van der Waals surface area contributed by atoms with Crippen LogP contribution in [-0.4, -0.2) is 17.8 Å². The predicted octanol–water partition coefficient (Wildman–Crippen LogP) is 3.20. The Bertz CT molecular complexity index is 352. The molecule has 1 aliphatic carbocycles. The number of rotatable bonds is 4. The van der Waals surface area contributed by atoms with E-state index in [0.717, 1.165) is 24.3 Å². The molecule has 1 heterocycles. The van der Waals surface area contributed by atoms with Crippen LogP contribution < -0.4 is 5.32 Å². The monoisotopic (exact) mass is 271 g/mol. The van der Waals surface area contributed by atoms with Gasteiger partial charge in [-0.3, -0.25) is 4.79 Å². The number of amides is 1. The van der Waals surface area contributed by atoms with Gasteiger partial charge in [0.05, 0.1) is 6.42 Å². The molecule has 1 aliphatic rings. The van der Waals surface area contributed by atoms with Crippen LogP contribution in [0.25, 0.3) is 0 Å². The van der Waals surface area contributed by atoms with Crippen molar-refractivity contribution in [1.82, 2.24) is 5.32 Å². The Morgan fingerprint density at radius 1 is 1.47 bits per heavy atom. The third-order valence-corrected chi connectivity index (χ3v) is 4.74. The summed E-state index contributed by atoms with van der Waals surface area (Å²) in [5.41, 5.74) is 0. The normalized spacial score (nSPS) is 24.5. The van der Waals surface area contributed by atoms with E-state index in [-0.39, 0.29) is 11.3 Å². The van der Waals surface area contributed by atoms with Gasteiger partial charge in [0, 0.05) is 16.8 Å². The molecule has 94 valence electrons. The zero-order chi connectivity index (χ0) is 12.1. The largest absolute Gasteiger partial charge is 0.355 e. The standard InChI is InChI=1S/C13H18ClNOS/c14-12-6-2-1-4-10(12)9-15-13(16)8-11-5-3-7-17-11/h3,5,7,10,12H,1-2,4,6,8-9H2,(H,15,16). The molecule has 1 N–H and O–H groups in total. The summed E-state index contributed by atoms with van der Waals surface area (Å²) in [6.07, 6.45) is 5.21. The molecule has 2 atom stereocenters. The lowest BCUT2D eigenvalue weighted by Crippen LogP contribution is -2.35. The first kappa shape index (κ1) is 12.9. The summed E-state index contributed by atoms with van der Waals surface area (Å²) in [6, 6.07) is 3.97. The summed E-state index contributed by atoms with van der Waals surface area (Å²) in [6.45, 7) is 0.734. The van der Waals surface area contributed by atoms with Gasteiger partial charge in [0.15, 0.2) is 0 Å². The van der Waals surface area contributed by atoms with Gasteiger partial charge in [-0.1, -0.05) is 18.9 Å². The first-order chi connectivity index (χ1) is 8.25. The highest BCUT2D eigenvalue weighted by Crippen LogP contribution is 2.27. The highest BCUT2D eigenvalue weighted by molar-refractivity contribution is 7.10. The van der Waals surface area contributed by atoms with Crippen molar-refractivity contribution in [2.45, 2.75) is 37.5 Å². The summed E-state index contributed by atoms with van der Waals surface area (Å²) in [5, 5.41) is 5.24. The Hall–Kier alpha value is -0.540. The fourth-order valence-corrected chi connectivity index (χ4v) is 3.34. The molecule has 0 aromatic carbocycles. The van der Waals surface area contributed by atoms with Crippen LogP contribution in [0.3, 0.4) is 0 Å². The first-order valence-electron chi connectivity index (χ1n) is 6.19. The molecule has 1 saturated carbocycles. The molecule has 0 radical (unpaired) electrons. The molecule has 2 unspecified atom stereocenters. The molecule has 4 heteroatoms. The van der Waals surface area contributed by atoms with Gasteiger partial charge in [-0.25, -0.2) is 0 Å². The smallest absolute Gasteiger partial charge is 0.225 e. The number of halogens is 1. The third-order valence-electron chi connectivity index (χ3n) is 3.29. The number of carbonyl (C=O) groups excluding carboxylic acids is 1. The van der Waals surface area contributed by atoms with E-state index < -0.39 is 0 Å². The lowest BCUT2D eigenvalue weighted by atomic mass is 9.89. The van der Waals surface area contributed by atoms with Crippen LogP contribution in [0.4, 0.5) is 0 Å². The summed E-state index contributed by atoms with van der Waals surface area (Å²) in [5.74, 6) is 0.569. The van der Waals surface area contributed by atoms with Crippen molar-refractivity contribution in [1.29, 1.82) is 0 Å². The van der Waals surface area contributed by atoms with E-state index in [1.807, 2.05) is 17.5 Å². The Morgan fingerprint density at radius 3 is 3.00 bits per heavy atom. The van der Waals surface area contributed by atoms with Crippen LogP contribution in [0.2, 0.25) is 0 Å². The van der Waals surface area contributed by atoms with Crippen molar-refractivity contribution < 1.29 is 4.79 Å². The summed E-state index contributed by atoms with van der Waals surface area (Å²) >= 11 is 7.89. The summed E-state index contributed by atoms with van der Waals surface area (Å²) in [4.78, 5) is 12.8. The zero-order valence-electron chi connectivity index (χ0n) is 9.82. The SMILES string of the molecule is O=C(Cc1cccs1)NCC1CCCCC1Cl. The van der Waals surface area contributed by atoms with Gasteiger partial charge < -0.3 is 5.32 Å². The Labute approximate surface area is 111 Å². The van der Waals surface area contributed by atoms with Gasteiger partial charge >= 0.3 is 0 Å². The van der Waals surface area contributed by atoms with Crippen LogP contribution in [-0.2, 0) is 11.2 Å². The van der Waals surface area contributed by atoms with E-state index >= 15 is 0 Å². The van der Waals surface area contributed by atoms with E-state index in [2.05, 4.69) is 5.32 Å². The predicted molar refractivity (Wildman–Crippen MR) is 72.6 cm³/mol. The second kappa shape index (κ2) is 6.41. The maximum Gasteiger partial charge on any atom is 0.225 e. The first-order valence-corrected chi connectivity index (χ1v) is 7.50.